The highest BCUT2D eigenvalue weighted by atomic mass is 16.6. The molecule has 1 aliphatic heterocycles. The number of nitro benzene ring substituents is 1. The third-order valence-corrected chi connectivity index (χ3v) is 4.73. The highest BCUT2D eigenvalue weighted by Gasteiger charge is 2.14. The lowest BCUT2D eigenvalue weighted by Gasteiger charge is -2.26. The lowest BCUT2D eigenvalue weighted by Crippen LogP contribution is -2.35. The van der Waals surface area contributed by atoms with Gasteiger partial charge < -0.3 is 15.3 Å². The quantitative estimate of drug-likeness (QED) is 0.341. The topological polar surface area (TPSA) is 103 Å². The molecule has 2 aromatic rings. The van der Waals surface area contributed by atoms with E-state index in [2.05, 4.69) is 16.1 Å². The molecule has 0 spiro atoms. The fraction of sp³-hybridized carbons (Fsp3) is 0.350. The van der Waals surface area contributed by atoms with Crippen LogP contribution < -0.4 is 5.73 Å². The highest BCUT2D eigenvalue weighted by Crippen LogP contribution is 2.21. The third kappa shape index (κ3) is 5.05. The zero-order valence-electron chi connectivity index (χ0n) is 15.8. The first-order chi connectivity index (χ1) is 13.5. The van der Waals surface area contributed by atoms with Crippen molar-refractivity contribution < 1.29 is 14.5 Å². The summed E-state index contributed by atoms with van der Waals surface area (Å²) >= 11 is 0. The Morgan fingerprint density at radius 2 is 2.04 bits per heavy atom. The minimum Gasteiger partial charge on any atom is -0.389 e. The molecule has 0 saturated carbocycles. The summed E-state index contributed by atoms with van der Waals surface area (Å²) in [5.41, 5.74) is 9.31. The van der Waals surface area contributed by atoms with Crippen LogP contribution in [-0.4, -0.2) is 42.0 Å². The normalized spacial score (nSPS) is 15.4. The lowest BCUT2D eigenvalue weighted by atomic mass is 10.1. The molecular formula is C20H24N4O4. The van der Waals surface area contributed by atoms with E-state index in [1.807, 2.05) is 18.2 Å². The van der Waals surface area contributed by atoms with Gasteiger partial charge in [-0.2, -0.15) is 0 Å². The largest absolute Gasteiger partial charge is 0.389 e. The summed E-state index contributed by atoms with van der Waals surface area (Å²) in [6.45, 7) is 5.99. The van der Waals surface area contributed by atoms with E-state index in [0.717, 1.165) is 44.0 Å². The first-order valence-corrected chi connectivity index (χ1v) is 9.12. The number of benzene rings is 2. The molecule has 0 aliphatic carbocycles. The predicted octanol–water partition coefficient (Wildman–Crippen LogP) is 2.57. The number of oxime groups is 1. The molecule has 0 atom stereocenters. The number of nitro groups is 1. The second kappa shape index (κ2) is 9.29. The Hall–Kier alpha value is -2.97. The Morgan fingerprint density at radius 3 is 2.79 bits per heavy atom. The molecule has 1 aliphatic rings. The van der Waals surface area contributed by atoms with E-state index < -0.39 is 4.92 Å². The van der Waals surface area contributed by atoms with Crippen molar-refractivity contribution in [2.45, 2.75) is 20.1 Å². The second-order valence-electron chi connectivity index (χ2n) is 6.66. The van der Waals surface area contributed by atoms with Crippen molar-refractivity contribution in [3.63, 3.8) is 0 Å². The Labute approximate surface area is 163 Å². The van der Waals surface area contributed by atoms with Crippen LogP contribution in [0.2, 0.25) is 0 Å². The average Bonchev–Trinajstić information content (AvgIpc) is 2.70. The van der Waals surface area contributed by atoms with E-state index in [1.54, 1.807) is 19.1 Å². The molecule has 0 aromatic heterocycles. The van der Waals surface area contributed by atoms with Crippen molar-refractivity contribution in [3.8, 4) is 0 Å². The van der Waals surface area contributed by atoms with Crippen molar-refractivity contribution >= 4 is 11.5 Å². The molecule has 2 N–H and O–H groups in total. The standard InChI is InChI=1S/C20H24N4O4/c1-15-18(6-3-7-19(15)24(25)26)14-28-22-20(21)17-5-2-4-16(12-17)13-23-8-10-27-11-9-23/h2-7,12H,8-11,13-14H2,1H3,(H2,21,22). The van der Waals surface area contributed by atoms with Gasteiger partial charge in [0.1, 0.15) is 6.61 Å². The summed E-state index contributed by atoms with van der Waals surface area (Å²) in [6, 6.07) is 12.7. The number of nitrogens with zero attached hydrogens (tertiary/aromatic N) is 3. The smallest absolute Gasteiger partial charge is 0.272 e. The fourth-order valence-corrected chi connectivity index (χ4v) is 3.09. The van der Waals surface area contributed by atoms with Crippen LogP contribution in [0.15, 0.2) is 47.6 Å². The summed E-state index contributed by atoms with van der Waals surface area (Å²) in [6.07, 6.45) is 0. The van der Waals surface area contributed by atoms with Gasteiger partial charge in [-0.3, -0.25) is 15.0 Å². The summed E-state index contributed by atoms with van der Waals surface area (Å²) in [4.78, 5) is 18.3. The highest BCUT2D eigenvalue weighted by molar-refractivity contribution is 5.97. The van der Waals surface area contributed by atoms with Crippen LogP contribution in [0.5, 0.6) is 0 Å². The molecule has 0 bridgehead atoms. The van der Waals surface area contributed by atoms with Crippen LogP contribution in [0.1, 0.15) is 22.3 Å². The van der Waals surface area contributed by atoms with Crippen LogP contribution in [-0.2, 0) is 22.7 Å². The number of nitrogens with two attached hydrogens (primary N) is 1. The van der Waals surface area contributed by atoms with E-state index in [-0.39, 0.29) is 18.1 Å². The molecule has 8 heteroatoms. The lowest BCUT2D eigenvalue weighted by molar-refractivity contribution is -0.385. The van der Waals surface area contributed by atoms with Gasteiger partial charge in [-0.25, -0.2) is 0 Å². The zero-order valence-corrected chi connectivity index (χ0v) is 15.8. The fourth-order valence-electron chi connectivity index (χ4n) is 3.09. The minimum absolute atomic E-state index is 0.0638. The first-order valence-electron chi connectivity index (χ1n) is 9.12. The van der Waals surface area contributed by atoms with Crippen molar-refractivity contribution in [2.24, 2.45) is 10.9 Å². The van der Waals surface area contributed by atoms with Crippen molar-refractivity contribution in [3.05, 3.63) is 74.8 Å². The SMILES string of the molecule is Cc1c(CO/N=C(/N)c2cccc(CN3CCOCC3)c2)cccc1[N+](=O)[O-]. The van der Waals surface area contributed by atoms with Gasteiger partial charge in [-0.1, -0.05) is 35.5 Å². The Morgan fingerprint density at radius 1 is 1.29 bits per heavy atom. The van der Waals surface area contributed by atoms with Gasteiger partial charge in [0, 0.05) is 42.4 Å². The van der Waals surface area contributed by atoms with E-state index >= 15 is 0 Å². The van der Waals surface area contributed by atoms with Gasteiger partial charge in [-0.15, -0.1) is 0 Å². The molecule has 0 radical (unpaired) electrons. The Balaban J connectivity index is 1.63. The van der Waals surface area contributed by atoms with Gasteiger partial charge in [-0.05, 0) is 18.6 Å². The van der Waals surface area contributed by atoms with Gasteiger partial charge in [0.2, 0.25) is 0 Å². The van der Waals surface area contributed by atoms with E-state index in [0.29, 0.717) is 11.1 Å². The molecule has 1 fully saturated rings. The van der Waals surface area contributed by atoms with E-state index in [1.165, 1.54) is 6.07 Å². The molecule has 3 rings (SSSR count). The maximum atomic E-state index is 11.0. The number of ether oxygens (including phenoxy) is 1. The van der Waals surface area contributed by atoms with Crippen LogP contribution in [0, 0.1) is 17.0 Å². The Kier molecular flexibility index (Phi) is 6.57. The molecule has 1 heterocycles. The number of hydrogen-bond donors (Lipinski definition) is 1. The van der Waals surface area contributed by atoms with Crippen molar-refractivity contribution in [1.29, 1.82) is 0 Å². The summed E-state index contributed by atoms with van der Waals surface area (Å²) in [7, 11) is 0. The van der Waals surface area contributed by atoms with Crippen molar-refractivity contribution in [2.75, 3.05) is 26.3 Å². The summed E-state index contributed by atoms with van der Waals surface area (Å²) in [5.74, 6) is 0.270. The predicted molar refractivity (Wildman–Crippen MR) is 106 cm³/mol. The monoisotopic (exact) mass is 384 g/mol. The van der Waals surface area contributed by atoms with Crippen LogP contribution in [0.3, 0.4) is 0 Å². The van der Waals surface area contributed by atoms with Gasteiger partial charge in [0.25, 0.3) is 5.69 Å². The summed E-state index contributed by atoms with van der Waals surface area (Å²) < 4.78 is 5.37. The van der Waals surface area contributed by atoms with Crippen LogP contribution in [0.25, 0.3) is 0 Å². The molecular weight excluding hydrogens is 360 g/mol. The average molecular weight is 384 g/mol. The Bertz CT molecular complexity index is 863. The molecule has 8 nitrogen and oxygen atoms in total. The summed E-state index contributed by atoms with van der Waals surface area (Å²) in [5, 5.41) is 15.0. The molecule has 148 valence electrons. The van der Waals surface area contributed by atoms with Crippen LogP contribution in [0.4, 0.5) is 5.69 Å². The van der Waals surface area contributed by atoms with Gasteiger partial charge in [0.15, 0.2) is 5.84 Å². The molecule has 2 aromatic carbocycles. The second-order valence-corrected chi connectivity index (χ2v) is 6.66. The van der Waals surface area contributed by atoms with Crippen molar-refractivity contribution in [1.82, 2.24) is 4.90 Å². The number of rotatable bonds is 7. The van der Waals surface area contributed by atoms with E-state index in [4.69, 9.17) is 15.3 Å². The molecule has 1 saturated heterocycles. The van der Waals surface area contributed by atoms with Gasteiger partial charge in [0.05, 0.1) is 18.1 Å². The molecule has 0 unspecified atom stereocenters. The number of amidine groups is 1. The maximum absolute atomic E-state index is 11.0. The van der Waals surface area contributed by atoms with E-state index in [9.17, 15) is 10.1 Å². The minimum atomic E-state index is -0.406. The van der Waals surface area contributed by atoms with Crippen LogP contribution >= 0.6 is 0 Å². The zero-order chi connectivity index (χ0) is 19.9. The number of hydrogen-bond acceptors (Lipinski definition) is 6. The molecule has 0 amide bonds. The van der Waals surface area contributed by atoms with Gasteiger partial charge >= 0.3 is 0 Å². The maximum Gasteiger partial charge on any atom is 0.272 e. The number of morpholine rings is 1. The third-order valence-electron chi connectivity index (χ3n) is 4.73. The molecule has 28 heavy (non-hydrogen) atoms. The first kappa shape index (κ1) is 19.8.